The summed E-state index contributed by atoms with van der Waals surface area (Å²) in [4.78, 5) is 0. The Kier molecular flexibility index (Phi) is 5.30. The van der Waals surface area contributed by atoms with Gasteiger partial charge in [0.2, 0.25) is 0 Å². The van der Waals surface area contributed by atoms with Crippen molar-refractivity contribution in [3.63, 3.8) is 0 Å². The molecule has 1 heteroatoms. The minimum Gasteiger partial charge on any atom is -0.0850 e. The lowest BCUT2D eigenvalue weighted by molar-refractivity contribution is 0.271. The van der Waals surface area contributed by atoms with Gasteiger partial charge in [0.25, 0.3) is 0 Å². The molecule has 0 saturated heterocycles. The summed E-state index contributed by atoms with van der Waals surface area (Å²) in [6, 6.07) is 0. The van der Waals surface area contributed by atoms with Gasteiger partial charge in [-0.2, -0.15) is 0 Å². The van der Waals surface area contributed by atoms with Crippen LogP contribution in [0.2, 0.25) is 0 Å². The van der Waals surface area contributed by atoms with Crippen LogP contribution in [0.1, 0.15) is 59.3 Å². The van der Waals surface area contributed by atoms with Crippen molar-refractivity contribution in [2.75, 3.05) is 0 Å². The van der Waals surface area contributed by atoms with Crippen molar-refractivity contribution in [3.8, 4) is 0 Å². The first-order chi connectivity index (χ1) is 7.52. The Hall–Kier alpha value is -0.0400. The zero-order valence-corrected chi connectivity index (χ0v) is 12.5. The van der Waals surface area contributed by atoms with Crippen molar-refractivity contribution in [3.05, 3.63) is 24.3 Å². The molecule has 0 N–H and O–H groups in total. The summed E-state index contributed by atoms with van der Waals surface area (Å²) in [6.45, 7) is 6.88. The first-order valence-electron chi connectivity index (χ1n) is 6.55. The molecule has 0 nitrogen and oxygen atoms in total. The van der Waals surface area contributed by atoms with Gasteiger partial charge in [-0.05, 0) is 26.7 Å². The van der Waals surface area contributed by atoms with Gasteiger partial charge in [-0.1, -0.05) is 72.8 Å². The number of alkyl halides is 1. The molecular weight excluding hydrogens is 260 g/mol. The van der Waals surface area contributed by atoms with Gasteiger partial charge in [0.05, 0.1) is 0 Å². The van der Waals surface area contributed by atoms with Gasteiger partial charge in [0, 0.05) is 9.74 Å². The van der Waals surface area contributed by atoms with Crippen LogP contribution >= 0.6 is 15.9 Å². The quantitative estimate of drug-likeness (QED) is 0.438. The maximum Gasteiger partial charge on any atom is 0.0295 e. The zero-order valence-electron chi connectivity index (χ0n) is 10.9. The Morgan fingerprint density at radius 2 is 1.94 bits per heavy atom. The lowest BCUT2D eigenvalue weighted by Crippen LogP contribution is -2.37. The second-order valence-corrected chi connectivity index (χ2v) is 7.41. The fraction of sp³-hybridized carbons (Fsp3) is 0.733. The van der Waals surface area contributed by atoms with Crippen molar-refractivity contribution in [1.29, 1.82) is 0 Å². The van der Waals surface area contributed by atoms with Gasteiger partial charge in [-0.15, -0.1) is 0 Å². The van der Waals surface area contributed by atoms with E-state index in [2.05, 4.69) is 61.0 Å². The molecule has 0 aromatic carbocycles. The van der Waals surface area contributed by atoms with E-state index < -0.39 is 0 Å². The van der Waals surface area contributed by atoms with Crippen molar-refractivity contribution < 1.29 is 0 Å². The van der Waals surface area contributed by atoms with Crippen molar-refractivity contribution >= 4 is 15.9 Å². The van der Waals surface area contributed by atoms with Crippen LogP contribution in [0.5, 0.6) is 0 Å². The highest BCUT2D eigenvalue weighted by atomic mass is 79.9. The summed E-state index contributed by atoms with van der Waals surface area (Å²) < 4.78 is 0.188. The lowest BCUT2D eigenvalue weighted by atomic mass is 9.69. The van der Waals surface area contributed by atoms with Crippen LogP contribution in [-0.4, -0.2) is 4.32 Å². The monoisotopic (exact) mass is 284 g/mol. The largest absolute Gasteiger partial charge is 0.0850 e. The van der Waals surface area contributed by atoms with Gasteiger partial charge < -0.3 is 0 Å². The van der Waals surface area contributed by atoms with E-state index in [4.69, 9.17) is 0 Å². The summed E-state index contributed by atoms with van der Waals surface area (Å²) in [5.74, 6) is 0. The van der Waals surface area contributed by atoms with Crippen LogP contribution < -0.4 is 0 Å². The van der Waals surface area contributed by atoms with E-state index in [9.17, 15) is 0 Å². The second-order valence-electron chi connectivity index (χ2n) is 5.43. The number of unbranched alkanes of at least 4 members (excludes halogenated alkanes) is 3. The van der Waals surface area contributed by atoms with Crippen LogP contribution in [0.15, 0.2) is 24.3 Å². The van der Waals surface area contributed by atoms with Gasteiger partial charge >= 0.3 is 0 Å². The fourth-order valence-corrected chi connectivity index (χ4v) is 2.95. The number of hydrogen-bond donors (Lipinski definition) is 0. The molecule has 1 atom stereocenters. The smallest absolute Gasteiger partial charge is 0.0295 e. The molecule has 16 heavy (non-hydrogen) atoms. The molecule has 0 fully saturated rings. The Morgan fingerprint density at radius 3 is 2.44 bits per heavy atom. The highest BCUT2D eigenvalue weighted by Gasteiger charge is 2.40. The summed E-state index contributed by atoms with van der Waals surface area (Å²) in [6.07, 6.45) is 17.0. The summed E-state index contributed by atoms with van der Waals surface area (Å²) >= 11 is 3.88. The predicted octanol–water partition coefficient (Wildman–Crippen LogP) is 5.63. The standard InChI is InChI=1S/C15H25Br/c1-4-5-6-8-11-15(14(2,3)16)12-9-7-10-13-15/h7,9-10,12H,4-6,8,11,13H2,1-3H3. The number of hydrogen-bond acceptors (Lipinski definition) is 0. The first kappa shape index (κ1) is 14.0. The van der Waals surface area contributed by atoms with E-state index in [0.29, 0.717) is 5.41 Å². The maximum atomic E-state index is 3.88. The van der Waals surface area contributed by atoms with E-state index in [1.54, 1.807) is 0 Å². The molecule has 1 aliphatic rings. The molecule has 0 amide bonds. The Morgan fingerprint density at radius 1 is 1.19 bits per heavy atom. The van der Waals surface area contributed by atoms with Gasteiger partial charge in [-0.3, -0.25) is 0 Å². The van der Waals surface area contributed by atoms with E-state index in [1.807, 2.05) is 0 Å². The Labute approximate surface area is 109 Å². The second kappa shape index (κ2) is 6.05. The molecule has 0 bridgehead atoms. The third kappa shape index (κ3) is 3.48. The molecule has 0 spiro atoms. The van der Waals surface area contributed by atoms with Crippen LogP contribution in [0, 0.1) is 5.41 Å². The molecule has 0 radical (unpaired) electrons. The van der Waals surface area contributed by atoms with E-state index in [-0.39, 0.29) is 4.32 Å². The Balaban J connectivity index is 2.59. The molecule has 92 valence electrons. The van der Waals surface area contributed by atoms with Crippen LogP contribution in [-0.2, 0) is 0 Å². The third-order valence-electron chi connectivity index (χ3n) is 3.80. The fourth-order valence-electron chi connectivity index (χ4n) is 2.46. The minimum absolute atomic E-state index is 0.188. The molecule has 1 aliphatic carbocycles. The average Bonchev–Trinajstić information content (AvgIpc) is 2.24. The number of halogens is 1. The molecule has 0 aromatic rings. The zero-order chi connectivity index (χ0) is 12.1. The summed E-state index contributed by atoms with van der Waals surface area (Å²) in [5, 5.41) is 0. The predicted molar refractivity (Wildman–Crippen MR) is 77.1 cm³/mol. The topological polar surface area (TPSA) is 0 Å². The van der Waals surface area contributed by atoms with Gasteiger partial charge in [0.1, 0.15) is 0 Å². The van der Waals surface area contributed by atoms with Crippen molar-refractivity contribution in [2.45, 2.75) is 63.6 Å². The van der Waals surface area contributed by atoms with Crippen molar-refractivity contribution in [2.24, 2.45) is 5.41 Å². The molecule has 1 unspecified atom stereocenters. The third-order valence-corrected chi connectivity index (χ3v) is 4.59. The number of rotatable bonds is 6. The summed E-state index contributed by atoms with van der Waals surface area (Å²) in [5.41, 5.74) is 0.315. The maximum absolute atomic E-state index is 3.88. The molecule has 0 saturated carbocycles. The molecule has 1 rings (SSSR count). The Bertz CT molecular complexity index is 257. The number of allylic oxidation sites excluding steroid dienone is 4. The first-order valence-corrected chi connectivity index (χ1v) is 7.34. The highest BCUT2D eigenvalue weighted by Crippen LogP contribution is 2.48. The van der Waals surface area contributed by atoms with Gasteiger partial charge in [-0.25, -0.2) is 0 Å². The van der Waals surface area contributed by atoms with Crippen LogP contribution in [0.3, 0.4) is 0 Å². The lowest BCUT2D eigenvalue weighted by Gasteiger charge is -2.42. The van der Waals surface area contributed by atoms with Crippen LogP contribution in [0.4, 0.5) is 0 Å². The molecule has 0 aliphatic heterocycles. The van der Waals surface area contributed by atoms with Gasteiger partial charge in [0.15, 0.2) is 0 Å². The van der Waals surface area contributed by atoms with E-state index in [1.165, 1.54) is 38.5 Å². The minimum atomic E-state index is 0.188. The van der Waals surface area contributed by atoms with E-state index in [0.717, 1.165) is 0 Å². The van der Waals surface area contributed by atoms with Crippen LogP contribution in [0.25, 0.3) is 0 Å². The SMILES string of the molecule is CCCCCCC1(C(C)(C)Br)C=CC=CC1. The summed E-state index contributed by atoms with van der Waals surface area (Å²) in [7, 11) is 0. The molecule has 0 aromatic heterocycles. The normalized spacial score (nSPS) is 25.0. The molecule has 0 heterocycles. The van der Waals surface area contributed by atoms with Crippen molar-refractivity contribution in [1.82, 2.24) is 0 Å². The molecular formula is C15H25Br. The highest BCUT2D eigenvalue weighted by molar-refractivity contribution is 9.10. The van der Waals surface area contributed by atoms with E-state index >= 15 is 0 Å². The average molecular weight is 285 g/mol.